The third-order valence-electron chi connectivity index (χ3n) is 8.23. The van der Waals surface area contributed by atoms with E-state index in [0.29, 0.717) is 26.1 Å². The Morgan fingerprint density at radius 2 is 1.73 bits per heavy atom. The van der Waals surface area contributed by atoms with Crippen LogP contribution in [0.3, 0.4) is 0 Å². The summed E-state index contributed by atoms with van der Waals surface area (Å²) in [4.78, 5) is 30.1. The van der Waals surface area contributed by atoms with E-state index in [9.17, 15) is 9.59 Å². The third kappa shape index (κ3) is 6.88. The second kappa shape index (κ2) is 12.7. The summed E-state index contributed by atoms with van der Waals surface area (Å²) in [6.45, 7) is 7.56. The number of amides is 2. The highest BCUT2D eigenvalue weighted by molar-refractivity contribution is 6.03. The zero-order valence-corrected chi connectivity index (χ0v) is 24.6. The fourth-order valence-corrected chi connectivity index (χ4v) is 6.04. The number of carbonyl (C=O) groups is 2. The molecule has 2 amide bonds. The molecular weight excluding hydrogens is 510 g/mol. The monoisotopic (exact) mass is 551 g/mol. The van der Waals surface area contributed by atoms with Crippen molar-refractivity contribution >= 4 is 17.4 Å². The van der Waals surface area contributed by atoms with E-state index in [2.05, 4.69) is 61.6 Å². The maximum Gasteiger partial charge on any atom is 0.251 e. The van der Waals surface area contributed by atoms with Gasteiger partial charge in [-0.05, 0) is 60.6 Å². The summed E-state index contributed by atoms with van der Waals surface area (Å²) in [6.07, 6.45) is 2.26. The molecule has 0 aliphatic carbocycles. The second-order valence-corrected chi connectivity index (χ2v) is 11.5. The Bertz CT molecular complexity index is 1420. The first-order valence-electron chi connectivity index (χ1n) is 14.6. The van der Waals surface area contributed by atoms with Crippen molar-refractivity contribution in [1.29, 1.82) is 0 Å². The molecule has 1 unspecified atom stereocenters. The number of ether oxygens (including phenoxy) is 1. The summed E-state index contributed by atoms with van der Waals surface area (Å²) < 4.78 is 6.26. The molecule has 1 fully saturated rings. The highest BCUT2D eigenvalue weighted by Crippen LogP contribution is 2.34. The van der Waals surface area contributed by atoms with E-state index in [1.54, 1.807) is 6.92 Å². The molecule has 41 heavy (non-hydrogen) atoms. The van der Waals surface area contributed by atoms with E-state index >= 15 is 0 Å². The summed E-state index contributed by atoms with van der Waals surface area (Å²) in [7, 11) is 1.88. The first kappa shape index (κ1) is 28.6. The molecule has 0 saturated carbocycles. The molecule has 3 aromatic carbocycles. The minimum atomic E-state index is -0.194. The highest BCUT2D eigenvalue weighted by atomic mass is 16.5. The second-order valence-electron chi connectivity index (χ2n) is 11.5. The van der Waals surface area contributed by atoms with Gasteiger partial charge in [0, 0.05) is 51.6 Å². The number of benzene rings is 3. The van der Waals surface area contributed by atoms with E-state index in [1.165, 1.54) is 11.1 Å². The fraction of sp³-hybridized carbons (Fsp3) is 0.371. The molecule has 6 heteroatoms. The largest absolute Gasteiger partial charge is 0.490 e. The first-order valence-corrected chi connectivity index (χ1v) is 14.6. The Morgan fingerprint density at radius 1 is 1.00 bits per heavy atom. The van der Waals surface area contributed by atoms with Crippen LogP contribution in [0.25, 0.3) is 5.57 Å². The Kier molecular flexibility index (Phi) is 8.89. The van der Waals surface area contributed by atoms with E-state index in [1.807, 2.05) is 53.2 Å². The van der Waals surface area contributed by atoms with Crippen molar-refractivity contribution in [2.45, 2.75) is 58.2 Å². The van der Waals surface area contributed by atoms with Crippen LogP contribution in [0.1, 0.15) is 42.5 Å². The number of fused-ring (bicyclic) bond motifs is 2. The van der Waals surface area contributed by atoms with E-state index in [4.69, 9.17) is 4.74 Å². The molecule has 1 N–H and O–H groups in total. The van der Waals surface area contributed by atoms with Gasteiger partial charge < -0.3 is 19.9 Å². The van der Waals surface area contributed by atoms with Crippen molar-refractivity contribution in [3.63, 3.8) is 0 Å². The predicted molar refractivity (Wildman–Crippen MR) is 164 cm³/mol. The van der Waals surface area contributed by atoms with Gasteiger partial charge in [0.1, 0.15) is 5.75 Å². The number of likely N-dealkylation sites (N-methyl/N-ethyl adjacent to an activating group) is 1. The van der Waals surface area contributed by atoms with Crippen LogP contribution in [0.4, 0.5) is 0 Å². The van der Waals surface area contributed by atoms with Gasteiger partial charge in [0.2, 0.25) is 5.91 Å². The minimum Gasteiger partial charge on any atom is -0.490 e. The Morgan fingerprint density at radius 3 is 2.49 bits per heavy atom. The van der Waals surface area contributed by atoms with Crippen molar-refractivity contribution in [3.8, 4) is 5.75 Å². The number of nitrogens with one attached hydrogen (secondary N) is 1. The third-order valence-corrected chi connectivity index (χ3v) is 8.23. The van der Waals surface area contributed by atoms with Crippen molar-refractivity contribution in [1.82, 2.24) is 15.1 Å². The van der Waals surface area contributed by atoms with Crippen LogP contribution >= 0.6 is 0 Å². The Labute approximate surface area is 244 Å². The fourth-order valence-electron chi connectivity index (χ4n) is 6.04. The number of carbonyl (C=O) groups excluding carboxylic acids is 2. The molecule has 1 saturated heterocycles. The van der Waals surface area contributed by atoms with Crippen LogP contribution < -0.4 is 10.1 Å². The molecule has 5 rings (SSSR count). The SMILES string of the molecule is CC(=O)N1C[C@H]2CC(c3cccc(CC(C)Oc4ccccc4C)c3)=C(C(=O)N(C)CCc3ccccc3)[C@@H](C1)N2. The smallest absolute Gasteiger partial charge is 0.251 e. The van der Waals surface area contributed by atoms with Crippen LogP contribution in [0.15, 0.2) is 84.4 Å². The zero-order valence-electron chi connectivity index (χ0n) is 24.6. The molecule has 2 aliphatic rings. The lowest BCUT2D eigenvalue weighted by atomic mass is 9.82. The van der Waals surface area contributed by atoms with Gasteiger partial charge in [-0.25, -0.2) is 0 Å². The number of nitrogens with zero attached hydrogens (tertiary/aromatic N) is 2. The maximum absolute atomic E-state index is 14.1. The summed E-state index contributed by atoms with van der Waals surface area (Å²) in [5.41, 5.74) is 6.46. The molecule has 0 aromatic heterocycles. The van der Waals surface area contributed by atoms with Crippen molar-refractivity contribution in [2.75, 3.05) is 26.7 Å². The molecule has 3 aromatic rings. The van der Waals surface area contributed by atoms with E-state index < -0.39 is 0 Å². The topological polar surface area (TPSA) is 61.9 Å². The van der Waals surface area contributed by atoms with Gasteiger partial charge in [-0.1, -0.05) is 72.8 Å². The van der Waals surface area contributed by atoms with Gasteiger partial charge in [-0.2, -0.15) is 0 Å². The van der Waals surface area contributed by atoms with Crippen LogP contribution in [0, 0.1) is 6.92 Å². The molecule has 0 spiro atoms. The molecule has 3 atom stereocenters. The lowest BCUT2D eigenvalue weighted by Crippen LogP contribution is -2.61. The maximum atomic E-state index is 14.1. The Balaban J connectivity index is 1.41. The number of rotatable bonds is 9. The number of piperazine rings is 1. The summed E-state index contributed by atoms with van der Waals surface area (Å²) in [6, 6.07) is 26.8. The molecule has 2 bridgehead atoms. The molecule has 6 nitrogen and oxygen atoms in total. The highest BCUT2D eigenvalue weighted by Gasteiger charge is 2.39. The van der Waals surface area contributed by atoms with Crippen molar-refractivity contribution < 1.29 is 14.3 Å². The molecule has 214 valence electrons. The van der Waals surface area contributed by atoms with Crippen LogP contribution in [-0.2, 0) is 22.4 Å². The van der Waals surface area contributed by atoms with Crippen molar-refractivity contribution in [2.24, 2.45) is 0 Å². The lowest BCUT2D eigenvalue weighted by Gasteiger charge is -2.44. The zero-order chi connectivity index (χ0) is 28.9. The van der Waals surface area contributed by atoms with Gasteiger partial charge in [0.15, 0.2) is 0 Å². The van der Waals surface area contributed by atoms with Gasteiger partial charge in [0.25, 0.3) is 5.91 Å². The first-order chi connectivity index (χ1) is 19.8. The average Bonchev–Trinajstić information content (AvgIpc) is 2.97. The molecule has 0 radical (unpaired) electrons. The number of para-hydroxylation sites is 1. The normalized spacial score (nSPS) is 19.1. The van der Waals surface area contributed by atoms with Gasteiger partial charge in [-0.15, -0.1) is 0 Å². The number of hydrogen-bond donors (Lipinski definition) is 1. The van der Waals surface area contributed by atoms with Crippen LogP contribution in [0.5, 0.6) is 5.75 Å². The lowest BCUT2D eigenvalue weighted by molar-refractivity contribution is -0.132. The van der Waals surface area contributed by atoms with E-state index in [-0.39, 0.29) is 30.0 Å². The van der Waals surface area contributed by atoms with E-state index in [0.717, 1.165) is 40.9 Å². The summed E-state index contributed by atoms with van der Waals surface area (Å²) >= 11 is 0. The summed E-state index contributed by atoms with van der Waals surface area (Å²) in [5, 5.41) is 3.66. The van der Waals surface area contributed by atoms with Gasteiger partial charge in [-0.3, -0.25) is 9.59 Å². The predicted octanol–water partition coefficient (Wildman–Crippen LogP) is 5.05. The molecule has 2 aliphatic heterocycles. The molecule has 2 heterocycles. The van der Waals surface area contributed by atoms with Crippen molar-refractivity contribution in [3.05, 3.63) is 107 Å². The Hall–Kier alpha value is -3.90. The summed E-state index contributed by atoms with van der Waals surface area (Å²) in [5.74, 6) is 0.990. The van der Waals surface area contributed by atoms with Gasteiger partial charge >= 0.3 is 0 Å². The average molecular weight is 552 g/mol. The van der Waals surface area contributed by atoms with Crippen LogP contribution in [-0.4, -0.2) is 66.5 Å². The molecular formula is C35H41N3O3. The standard InChI is InChI=1S/C35H41N3O3/c1-24-11-8-9-16-33(24)41-25(2)19-28-14-10-15-29(20-28)31-21-30-22-38(26(3)39)23-32(36-30)34(31)35(40)37(4)18-17-27-12-6-5-7-13-27/h5-16,20,25,30,32,36H,17-19,21-23H2,1-4H3/t25?,30-,32-/m1/s1. The number of aryl methyl sites for hydroxylation is 1. The number of hydrogen-bond acceptors (Lipinski definition) is 4. The quantitative estimate of drug-likeness (QED) is 0.404. The van der Waals surface area contributed by atoms with Crippen LogP contribution in [0.2, 0.25) is 0 Å². The van der Waals surface area contributed by atoms with Gasteiger partial charge in [0.05, 0.1) is 12.1 Å². The minimum absolute atomic E-state index is 0.00193.